The Morgan fingerprint density at radius 2 is 1.95 bits per heavy atom. The van der Waals surface area contributed by atoms with Gasteiger partial charge >= 0.3 is 0 Å². The van der Waals surface area contributed by atoms with Gasteiger partial charge in [-0.1, -0.05) is 30.3 Å². The molecule has 1 aliphatic carbocycles. The highest BCUT2D eigenvalue weighted by molar-refractivity contribution is 5.30. The topological polar surface area (TPSA) is 28.2 Å². The Labute approximate surface area is 127 Å². The van der Waals surface area contributed by atoms with Gasteiger partial charge in [0.15, 0.2) is 0 Å². The summed E-state index contributed by atoms with van der Waals surface area (Å²) in [5.41, 5.74) is 5.42. The number of nitrogens with zero attached hydrogens (tertiary/aromatic N) is 2. The van der Waals surface area contributed by atoms with E-state index >= 15 is 0 Å². The summed E-state index contributed by atoms with van der Waals surface area (Å²) in [7, 11) is 4.22. The third-order valence-electron chi connectivity index (χ3n) is 4.10. The zero-order chi connectivity index (χ0) is 14.7. The molecule has 1 aromatic heterocycles. The molecular weight excluding hydrogens is 258 g/mol. The van der Waals surface area contributed by atoms with Gasteiger partial charge in [-0.05, 0) is 49.7 Å². The normalized spacial score (nSPS) is 17.2. The first-order valence-corrected chi connectivity index (χ1v) is 7.62. The van der Waals surface area contributed by atoms with Crippen LogP contribution in [0.4, 0.5) is 0 Å². The molecule has 1 heterocycles. The minimum atomic E-state index is 0.397. The standard InChI is InChI=1S/C18H23N3/c1-21(2)13-16-7-4-3-6-15(16)12-20-17-10-9-14-8-5-11-19-18(14)17/h3-8,11,17,20H,9-10,12-13H2,1-2H3. The van der Waals surface area contributed by atoms with E-state index < -0.39 is 0 Å². The molecule has 1 aromatic carbocycles. The SMILES string of the molecule is CN(C)Cc1ccccc1CNC1CCc2cccnc21. The third kappa shape index (κ3) is 3.31. The van der Waals surface area contributed by atoms with Gasteiger partial charge in [-0.25, -0.2) is 0 Å². The molecule has 3 heteroatoms. The number of nitrogens with one attached hydrogen (secondary N) is 1. The van der Waals surface area contributed by atoms with Gasteiger partial charge in [0.1, 0.15) is 0 Å². The van der Waals surface area contributed by atoms with Gasteiger partial charge in [0, 0.05) is 19.3 Å². The lowest BCUT2D eigenvalue weighted by atomic mass is 10.1. The lowest BCUT2D eigenvalue weighted by Gasteiger charge is -2.17. The van der Waals surface area contributed by atoms with Crippen LogP contribution >= 0.6 is 0 Å². The fourth-order valence-corrected chi connectivity index (χ4v) is 3.07. The number of benzene rings is 1. The molecule has 2 aromatic rings. The molecular formula is C18H23N3. The number of fused-ring (bicyclic) bond motifs is 1. The Morgan fingerprint density at radius 1 is 1.14 bits per heavy atom. The van der Waals surface area contributed by atoms with Crippen LogP contribution in [-0.4, -0.2) is 24.0 Å². The van der Waals surface area contributed by atoms with Crippen molar-refractivity contribution in [3.63, 3.8) is 0 Å². The Balaban J connectivity index is 1.69. The average molecular weight is 281 g/mol. The molecule has 0 aliphatic heterocycles. The van der Waals surface area contributed by atoms with Gasteiger partial charge in [0.25, 0.3) is 0 Å². The fourth-order valence-electron chi connectivity index (χ4n) is 3.07. The molecule has 0 bridgehead atoms. The smallest absolute Gasteiger partial charge is 0.0605 e. The summed E-state index contributed by atoms with van der Waals surface area (Å²) < 4.78 is 0. The minimum Gasteiger partial charge on any atom is -0.305 e. The highest BCUT2D eigenvalue weighted by Gasteiger charge is 2.22. The molecule has 3 nitrogen and oxygen atoms in total. The maximum absolute atomic E-state index is 4.55. The van der Waals surface area contributed by atoms with Crippen molar-refractivity contribution in [3.8, 4) is 0 Å². The number of rotatable bonds is 5. The zero-order valence-electron chi connectivity index (χ0n) is 12.8. The van der Waals surface area contributed by atoms with E-state index in [0.29, 0.717) is 6.04 Å². The largest absolute Gasteiger partial charge is 0.305 e. The summed E-state index contributed by atoms with van der Waals surface area (Å²) in [6, 6.07) is 13.3. The van der Waals surface area contributed by atoms with Crippen LogP contribution in [0.5, 0.6) is 0 Å². The fraction of sp³-hybridized carbons (Fsp3) is 0.389. The summed E-state index contributed by atoms with van der Waals surface area (Å²) >= 11 is 0. The molecule has 0 saturated heterocycles. The van der Waals surface area contributed by atoms with E-state index in [9.17, 15) is 0 Å². The average Bonchev–Trinajstić information content (AvgIpc) is 2.89. The first kappa shape index (κ1) is 14.2. The Bertz CT molecular complexity index is 607. The second-order valence-electron chi connectivity index (χ2n) is 6.03. The highest BCUT2D eigenvalue weighted by Crippen LogP contribution is 2.29. The molecule has 0 amide bonds. The molecule has 21 heavy (non-hydrogen) atoms. The second-order valence-corrected chi connectivity index (χ2v) is 6.03. The number of aryl methyl sites for hydroxylation is 1. The molecule has 1 atom stereocenters. The Morgan fingerprint density at radius 3 is 2.76 bits per heavy atom. The molecule has 1 N–H and O–H groups in total. The van der Waals surface area contributed by atoms with Crippen LogP contribution in [0.2, 0.25) is 0 Å². The predicted molar refractivity (Wildman–Crippen MR) is 86.0 cm³/mol. The molecule has 110 valence electrons. The summed E-state index contributed by atoms with van der Waals surface area (Å²) in [5, 5.41) is 3.69. The van der Waals surface area contributed by atoms with Gasteiger partial charge in [-0.15, -0.1) is 0 Å². The Kier molecular flexibility index (Phi) is 4.32. The summed E-state index contributed by atoms with van der Waals surface area (Å²) in [6.07, 6.45) is 4.20. The lowest BCUT2D eigenvalue weighted by Crippen LogP contribution is -2.21. The van der Waals surface area contributed by atoms with Crippen LogP contribution in [-0.2, 0) is 19.5 Å². The minimum absolute atomic E-state index is 0.397. The predicted octanol–water partition coefficient (Wildman–Crippen LogP) is 2.92. The number of pyridine rings is 1. The second kappa shape index (κ2) is 6.37. The third-order valence-corrected chi connectivity index (χ3v) is 4.10. The first-order chi connectivity index (χ1) is 10.2. The maximum Gasteiger partial charge on any atom is 0.0605 e. The molecule has 3 rings (SSSR count). The van der Waals surface area contributed by atoms with Crippen LogP contribution in [0.3, 0.4) is 0 Å². The molecule has 0 radical (unpaired) electrons. The van der Waals surface area contributed by atoms with Gasteiger partial charge < -0.3 is 10.2 Å². The van der Waals surface area contributed by atoms with Crippen LogP contribution in [0.25, 0.3) is 0 Å². The first-order valence-electron chi connectivity index (χ1n) is 7.62. The zero-order valence-corrected chi connectivity index (χ0v) is 12.8. The van der Waals surface area contributed by atoms with Crippen molar-refractivity contribution < 1.29 is 0 Å². The number of hydrogen-bond donors (Lipinski definition) is 1. The summed E-state index contributed by atoms with van der Waals surface area (Å²) in [4.78, 5) is 6.77. The van der Waals surface area contributed by atoms with Crippen molar-refractivity contribution in [2.45, 2.75) is 32.0 Å². The van der Waals surface area contributed by atoms with E-state index in [-0.39, 0.29) is 0 Å². The highest BCUT2D eigenvalue weighted by atomic mass is 15.0. The summed E-state index contributed by atoms with van der Waals surface area (Å²) in [6.45, 7) is 1.89. The van der Waals surface area contributed by atoms with E-state index in [1.807, 2.05) is 12.3 Å². The van der Waals surface area contributed by atoms with Crippen molar-refractivity contribution in [1.82, 2.24) is 15.2 Å². The van der Waals surface area contributed by atoms with Crippen molar-refractivity contribution >= 4 is 0 Å². The van der Waals surface area contributed by atoms with Crippen molar-refractivity contribution in [1.29, 1.82) is 0 Å². The number of aromatic nitrogens is 1. The van der Waals surface area contributed by atoms with Crippen molar-refractivity contribution in [3.05, 3.63) is 65.0 Å². The van der Waals surface area contributed by atoms with E-state index in [2.05, 4.69) is 59.6 Å². The Hall–Kier alpha value is -1.71. The van der Waals surface area contributed by atoms with E-state index in [1.54, 1.807) is 0 Å². The van der Waals surface area contributed by atoms with E-state index in [0.717, 1.165) is 25.9 Å². The van der Waals surface area contributed by atoms with Gasteiger partial charge in [-0.3, -0.25) is 4.98 Å². The van der Waals surface area contributed by atoms with E-state index in [1.165, 1.54) is 22.4 Å². The van der Waals surface area contributed by atoms with Crippen molar-refractivity contribution in [2.75, 3.05) is 14.1 Å². The molecule has 0 saturated carbocycles. The van der Waals surface area contributed by atoms with Crippen LogP contribution in [0.15, 0.2) is 42.6 Å². The van der Waals surface area contributed by atoms with Gasteiger partial charge in [0.2, 0.25) is 0 Å². The van der Waals surface area contributed by atoms with E-state index in [4.69, 9.17) is 0 Å². The van der Waals surface area contributed by atoms with Crippen LogP contribution < -0.4 is 5.32 Å². The molecule has 1 unspecified atom stereocenters. The van der Waals surface area contributed by atoms with Crippen LogP contribution in [0, 0.1) is 0 Å². The van der Waals surface area contributed by atoms with Crippen molar-refractivity contribution in [2.24, 2.45) is 0 Å². The molecule has 0 spiro atoms. The number of hydrogen-bond acceptors (Lipinski definition) is 3. The molecule has 0 fully saturated rings. The van der Waals surface area contributed by atoms with Crippen LogP contribution in [0.1, 0.15) is 34.8 Å². The monoisotopic (exact) mass is 281 g/mol. The quantitative estimate of drug-likeness (QED) is 0.913. The molecule has 1 aliphatic rings. The van der Waals surface area contributed by atoms with Gasteiger partial charge in [-0.2, -0.15) is 0 Å². The summed E-state index contributed by atoms with van der Waals surface area (Å²) in [5.74, 6) is 0. The van der Waals surface area contributed by atoms with Gasteiger partial charge in [0.05, 0.1) is 11.7 Å². The maximum atomic E-state index is 4.55. The lowest BCUT2D eigenvalue weighted by molar-refractivity contribution is 0.399.